The van der Waals surface area contributed by atoms with Gasteiger partial charge < -0.3 is 11.1 Å². The van der Waals surface area contributed by atoms with Crippen molar-refractivity contribution in [1.29, 1.82) is 0 Å². The molecule has 0 saturated heterocycles. The first-order valence-electron chi connectivity index (χ1n) is 3.36. The molecule has 0 spiro atoms. The summed E-state index contributed by atoms with van der Waals surface area (Å²) in [5.74, 6) is 0. The maximum atomic E-state index is 10.1. The molecule has 2 amide bonds. The van der Waals surface area contributed by atoms with Crippen LogP contribution in [-0.2, 0) is 0 Å². The summed E-state index contributed by atoms with van der Waals surface area (Å²) in [5.41, 5.74) is 4.85. The fourth-order valence-corrected chi connectivity index (χ4v) is 1.00. The van der Waals surface area contributed by atoms with E-state index in [2.05, 4.69) is 21.2 Å². The second-order valence-electron chi connectivity index (χ2n) is 2.04. The van der Waals surface area contributed by atoms with Gasteiger partial charge in [0.2, 0.25) is 0 Å². The Morgan fingerprint density at radius 2 is 2.10 bits per heavy atom. The van der Waals surface area contributed by atoms with Crippen molar-refractivity contribution in [3.05, 3.63) is 0 Å². The molecule has 0 aromatic carbocycles. The van der Waals surface area contributed by atoms with Gasteiger partial charge in [0.05, 0.1) is 0 Å². The molecular formula is C6H13BrN2O. The van der Waals surface area contributed by atoms with Crippen LogP contribution >= 0.6 is 15.9 Å². The van der Waals surface area contributed by atoms with Gasteiger partial charge in [0.15, 0.2) is 0 Å². The number of hydrogen-bond acceptors (Lipinski definition) is 1. The Labute approximate surface area is 69.5 Å². The van der Waals surface area contributed by atoms with Crippen LogP contribution in [0.5, 0.6) is 0 Å². The highest BCUT2D eigenvalue weighted by Crippen LogP contribution is 1.96. The summed E-state index contributed by atoms with van der Waals surface area (Å²) in [7, 11) is 0. The third kappa shape index (κ3) is 7.75. The van der Waals surface area contributed by atoms with Gasteiger partial charge >= 0.3 is 6.03 Å². The number of nitrogens with one attached hydrogen (secondary N) is 1. The Morgan fingerprint density at radius 1 is 1.40 bits per heavy atom. The largest absolute Gasteiger partial charge is 0.352 e. The van der Waals surface area contributed by atoms with Crippen molar-refractivity contribution < 1.29 is 4.79 Å². The van der Waals surface area contributed by atoms with Gasteiger partial charge in [0, 0.05) is 11.9 Å². The molecular weight excluding hydrogens is 196 g/mol. The van der Waals surface area contributed by atoms with Gasteiger partial charge in [0.1, 0.15) is 0 Å². The van der Waals surface area contributed by atoms with E-state index in [9.17, 15) is 4.79 Å². The highest BCUT2D eigenvalue weighted by Gasteiger charge is 1.90. The fraction of sp³-hybridized carbons (Fsp3) is 0.833. The third-order valence-electron chi connectivity index (χ3n) is 1.11. The van der Waals surface area contributed by atoms with Gasteiger partial charge in [-0.15, -0.1) is 0 Å². The zero-order chi connectivity index (χ0) is 7.82. The van der Waals surface area contributed by atoms with Crippen LogP contribution < -0.4 is 11.1 Å². The van der Waals surface area contributed by atoms with Crippen LogP contribution in [0.25, 0.3) is 0 Å². The molecule has 0 aliphatic carbocycles. The van der Waals surface area contributed by atoms with Crippen molar-refractivity contribution in [1.82, 2.24) is 5.32 Å². The highest BCUT2D eigenvalue weighted by molar-refractivity contribution is 9.09. The predicted molar refractivity (Wildman–Crippen MR) is 45.2 cm³/mol. The lowest BCUT2D eigenvalue weighted by molar-refractivity contribution is 0.248. The van der Waals surface area contributed by atoms with Crippen LogP contribution in [0.15, 0.2) is 0 Å². The van der Waals surface area contributed by atoms with Crippen molar-refractivity contribution in [3.8, 4) is 0 Å². The fourth-order valence-electron chi connectivity index (χ4n) is 0.608. The Hall–Kier alpha value is -0.250. The highest BCUT2D eigenvalue weighted by atomic mass is 79.9. The van der Waals surface area contributed by atoms with Crippen LogP contribution in [0, 0.1) is 0 Å². The van der Waals surface area contributed by atoms with E-state index in [1.807, 2.05) is 0 Å². The van der Waals surface area contributed by atoms with E-state index >= 15 is 0 Å². The van der Waals surface area contributed by atoms with Gasteiger partial charge in [-0.1, -0.05) is 22.4 Å². The molecule has 3 nitrogen and oxygen atoms in total. The number of halogens is 1. The lowest BCUT2D eigenvalue weighted by Gasteiger charge is -1.98. The van der Waals surface area contributed by atoms with Crippen LogP contribution in [-0.4, -0.2) is 17.9 Å². The SMILES string of the molecule is NC(=O)NCCCCCBr. The maximum Gasteiger partial charge on any atom is 0.312 e. The van der Waals surface area contributed by atoms with Crippen molar-refractivity contribution in [2.75, 3.05) is 11.9 Å². The van der Waals surface area contributed by atoms with Crippen LogP contribution in [0.1, 0.15) is 19.3 Å². The Morgan fingerprint density at radius 3 is 2.60 bits per heavy atom. The van der Waals surface area contributed by atoms with Crippen molar-refractivity contribution in [2.45, 2.75) is 19.3 Å². The van der Waals surface area contributed by atoms with Crippen molar-refractivity contribution in [2.24, 2.45) is 5.73 Å². The summed E-state index contributed by atoms with van der Waals surface area (Å²) in [4.78, 5) is 10.1. The van der Waals surface area contributed by atoms with Crippen LogP contribution in [0.3, 0.4) is 0 Å². The minimum atomic E-state index is -0.432. The van der Waals surface area contributed by atoms with Gasteiger partial charge in [-0.25, -0.2) is 4.79 Å². The number of hydrogen-bond donors (Lipinski definition) is 2. The first kappa shape index (κ1) is 9.75. The number of rotatable bonds is 5. The second-order valence-corrected chi connectivity index (χ2v) is 2.83. The van der Waals surface area contributed by atoms with Crippen molar-refractivity contribution in [3.63, 3.8) is 0 Å². The summed E-state index contributed by atoms with van der Waals surface area (Å²) in [6.07, 6.45) is 3.29. The summed E-state index contributed by atoms with van der Waals surface area (Å²) in [5, 5.41) is 3.56. The average Bonchev–Trinajstić information content (AvgIpc) is 1.87. The number of carbonyl (C=O) groups is 1. The molecule has 0 aliphatic heterocycles. The standard InChI is InChI=1S/C6H13BrN2O/c7-4-2-1-3-5-9-6(8)10/h1-5H2,(H3,8,9,10). The monoisotopic (exact) mass is 208 g/mol. The first-order valence-corrected chi connectivity index (χ1v) is 4.49. The quantitative estimate of drug-likeness (QED) is 0.519. The topological polar surface area (TPSA) is 55.1 Å². The molecule has 60 valence electrons. The molecule has 3 N–H and O–H groups in total. The van der Waals surface area contributed by atoms with E-state index in [1.54, 1.807) is 0 Å². The van der Waals surface area contributed by atoms with Gasteiger partial charge in [-0.05, 0) is 12.8 Å². The Bertz CT molecular complexity index is 97.7. The van der Waals surface area contributed by atoms with Gasteiger partial charge in [-0.3, -0.25) is 0 Å². The number of alkyl halides is 1. The lowest BCUT2D eigenvalue weighted by atomic mass is 10.2. The normalized spacial score (nSPS) is 9.30. The third-order valence-corrected chi connectivity index (χ3v) is 1.67. The summed E-state index contributed by atoms with van der Waals surface area (Å²) in [6, 6.07) is -0.432. The molecule has 0 saturated carbocycles. The molecule has 0 fully saturated rings. The second kappa shape index (κ2) is 6.86. The van der Waals surface area contributed by atoms with E-state index in [0.29, 0.717) is 6.54 Å². The summed E-state index contributed by atoms with van der Waals surface area (Å²) >= 11 is 3.32. The number of primary amides is 1. The van der Waals surface area contributed by atoms with Crippen LogP contribution in [0.4, 0.5) is 4.79 Å². The lowest BCUT2D eigenvalue weighted by Crippen LogP contribution is -2.29. The smallest absolute Gasteiger partial charge is 0.312 e. The molecule has 0 atom stereocenters. The number of carbonyl (C=O) groups excluding carboxylic acids is 1. The van der Waals surface area contributed by atoms with Crippen LogP contribution in [0.2, 0.25) is 0 Å². The molecule has 0 unspecified atom stereocenters. The van der Waals surface area contributed by atoms with E-state index < -0.39 is 6.03 Å². The number of urea groups is 1. The Balaban J connectivity index is 2.84. The summed E-state index contributed by atoms with van der Waals surface area (Å²) in [6.45, 7) is 0.697. The predicted octanol–water partition coefficient (Wildman–Crippen LogP) is 1.22. The molecule has 0 aromatic heterocycles. The first-order chi connectivity index (χ1) is 4.77. The molecule has 0 radical (unpaired) electrons. The zero-order valence-corrected chi connectivity index (χ0v) is 7.49. The molecule has 0 rings (SSSR count). The number of amides is 2. The maximum absolute atomic E-state index is 10.1. The molecule has 0 aromatic rings. The van der Waals surface area contributed by atoms with E-state index in [-0.39, 0.29) is 0 Å². The molecule has 0 aliphatic rings. The van der Waals surface area contributed by atoms with Crippen molar-refractivity contribution >= 4 is 22.0 Å². The summed E-state index contributed by atoms with van der Waals surface area (Å²) < 4.78 is 0. The Kier molecular flexibility index (Phi) is 6.69. The minimum absolute atomic E-state index is 0.432. The molecule has 10 heavy (non-hydrogen) atoms. The number of nitrogens with two attached hydrogens (primary N) is 1. The van der Waals surface area contributed by atoms with E-state index in [1.165, 1.54) is 0 Å². The van der Waals surface area contributed by atoms with Gasteiger partial charge in [-0.2, -0.15) is 0 Å². The molecule has 0 bridgehead atoms. The van der Waals surface area contributed by atoms with E-state index in [0.717, 1.165) is 24.6 Å². The average molecular weight is 209 g/mol. The minimum Gasteiger partial charge on any atom is -0.352 e. The number of unbranched alkanes of at least 4 members (excludes halogenated alkanes) is 2. The molecule has 4 heteroatoms. The molecule has 0 heterocycles. The van der Waals surface area contributed by atoms with Gasteiger partial charge in [0.25, 0.3) is 0 Å². The zero-order valence-electron chi connectivity index (χ0n) is 5.90. The van der Waals surface area contributed by atoms with E-state index in [4.69, 9.17) is 5.73 Å².